The summed E-state index contributed by atoms with van der Waals surface area (Å²) in [5.41, 5.74) is 1.79. The monoisotopic (exact) mass is 534 g/mol. The number of amides is 3. The molecule has 0 radical (unpaired) electrons. The number of nitrogens with zero attached hydrogens (tertiary/aromatic N) is 1. The number of likely N-dealkylation sites (N-methyl/N-ethyl adjacent to an activating group) is 1. The summed E-state index contributed by atoms with van der Waals surface area (Å²) in [6, 6.07) is 14.6. The number of hydrogen-bond acceptors (Lipinski definition) is 5. The molecular formula is C31H42N4O4. The van der Waals surface area contributed by atoms with Crippen LogP contribution in [0.1, 0.15) is 45.2 Å². The van der Waals surface area contributed by atoms with Crippen molar-refractivity contribution in [1.82, 2.24) is 20.9 Å². The lowest BCUT2D eigenvalue weighted by Crippen LogP contribution is -2.62. The van der Waals surface area contributed by atoms with E-state index in [1.807, 2.05) is 101 Å². The van der Waals surface area contributed by atoms with Crippen LogP contribution in [0.15, 0.2) is 60.8 Å². The standard InChI is InChI=1S/C31H42N4O4/c1-7-21(4)27(35(5)6)31(38)34-26-28(20(2)3)39-24-15-13-22(14-16-24)17-18-32-29(36)25(33-30(26)37)19-23-11-9-8-10-12-23/h8-18,20-21,25-28H,7,19H2,1-6H3,(H,32,36)(H,33,37)(H,34,38)/b18-17-/t21-,25+,26+,27+,28+/m1/s1. The van der Waals surface area contributed by atoms with Crippen LogP contribution in [0.25, 0.3) is 6.08 Å². The van der Waals surface area contributed by atoms with E-state index in [2.05, 4.69) is 16.0 Å². The summed E-state index contributed by atoms with van der Waals surface area (Å²) in [6.45, 7) is 7.95. The molecule has 8 nitrogen and oxygen atoms in total. The summed E-state index contributed by atoms with van der Waals surface area (Å²) in [6.07, 6.45) is 3.77. The Morgan fingerprint density at radius 3 is 2.26 bits per heavy atom. The molecule has 0 unspecified atom stereocenters. The highest BCUT2D eigenvalue weighted by Crippen LogP contribution is 2.21. The number of nitrogens with one attached hydrogen (secondary N) is 3. The Morgan fingerprint density at radius 2 is 1.67 bits per heavy atom. The van der Waals surface area contributed by atoms with E-state index in [1.54, 1.807) is 12.3 Å². The van der Waals surface area contributed by atoms with Gasteiger partial charge in [0.15, 0.2) is 0 Å². The van der Waals surface area contributed by atoms with Crippen molar-refractivity contribution >= 4 is 23.8 Å². The van der Waals surface area contributed by atoms with Crippen LogP contribution in [-0.4, -0.2) is 60.9 Å². The first-order valence-electron chi connectivity index (χ1n) is 13.7. The van der Waals surface area contributed by atoms with Crippen molar-refractivity contribution < 1.29 is 19.1 Å². The van der Waals surface area contributed by atoms with Crippen molar-refractivity contribution in [2.45, 2.75) is 64.8 Å². The molecule has 2 aromatic rings. The van der Waals surface area contributed by atoms with E-state index in [-0.39, 0.29) is 23.7 Å². The molecule has 0 aromatic heterocycles. The maximum absolute atomic E-state index is 14.0. The lowest BCUT2D eigenvalue weighted by Gasteiger charge is -2.35. The highest BCUT2D eigenvalue weighted by Gasteiger charge is 2.38. The lowest BCUT2D eigenvalue weighted by molar-refractivity contribution is -0.136. The van der Waals surface area contributed by atoms with Crippen molar-refractivity contribution in [3.8, 4) is 5.75 Å². The van der Waals surface area contributed by atoms with Crippen LogP contribution in [0.5, 0.6) is 5.75 Å². The Labute approximate surface area is 232 Å². The average Bonchev–Trinajstić information content (AvgIpc) is 2.90. The molecule has 210 valence electrons. The third-order valence-corrected chi connectivity index (χ3v) is 7.14. The van der Waals surface area contributed by atoms with Gasteiger partial charge in [-0.15, -0.1) is 0 Å². The number of fused-ring (bicyclic) bond motifs is 10. The van der Waals surface area contributed by atoms with Gasteiger partial charge in [-0.3, -0.25) is 19.3 Å². The molecule has 2 aromatic carbocycles. The van der Waals surface area contributed by atoms with Crippen molar-refractivity contribution in [3.63, 3.8) is 0 Å². The summed E-state index contributed by atoms with van der Waals surface area (Å²) >= 11 is 0. The summed E-state index contributed by atoms with van der Waals surface area (Å²) in [4.78, 5) is 42.7. The Hall–Kier alpha value is -3.65. The van der Waals surface area contributed by atoms with Gasteiger partial charge in [0, 0.05) is 12.6 Å². The van der Waals surface area contributed by atoms with Gasteiger partial charge in [-0.25, -0.2) is 0 Å². The fraction of sp³-hybridized carbons (Fsp3) is 0.452. The maximum Gasteiger partial charge on any atom is 0.247 e. The summed E-state index contributed by atoms with van der Waals surface area (Å²) < 4.78 is 6.35. The van der Waals surface area contributed by atoms with Crippen molar-refractivity contribution in [3.05, 3.63) is 71.9 Å². The van der Waals surface area contributed by atoms with Crippen molar-refractivity contribution in [2.24, 2.45) is 11.8 Å². The molecule has 2 heterocycles. The fourth-order valence-corrected chi connectivity index (χ4v) is 4.81. The number of carbonyl (C=O) groups is 3. The molecule has 0 fully saturated rings. The second kappa shape index (κ2) is 13.9. The Kier molecular flexibility index (Phi) is 10.7. The van der Waals surface area contributed by atoms with E-state index < -0.39 is 30.1 Å². The SMILES string of the molecule is CC[C@@H](C)[C@@H](C(=O)N[C@@H]1C(=O)N[C@@H](Cc2ccccc2)C(=O)N/C=C\c2ccc(cc2)O[C@H]1C(C)C)N(C)C. The third kappa shape index (κ3) is 8.17. The first-order chi connectivity index (χ1) is 18.6. The topological polar surface area (TPSA) is 99.8 Å². The Balaban J connectivity index is 2.03. The van der Waals surface area contributed by atoms with Crippen LogP contribution in [0.4, 0.5) is 0 Å². The van der Waals surface area contributed by atoms with Crippen LogP contribution >= 0.6 is 0 Å². The van der Waals surface area contributed by atoms with Gasteiger partial charge < -0.3 is 20.7 Å². The molecule has 0 saturated carbocycles. The van der Waals surface area contributed by atoms with Crippen LogP contribution in [0, 0.1) is 11.8 Å². The molecule has 2 aliphatic heterocycles. The van der Waals surface area contributed by atoms with Crippen molar-refractivity contribution in [2.75, 3.05) is 14.1 Å². The molecule has 0 aliphatic carbocycles. The zero-order chi connectivity index (χ0) is 28.5. The van der Waals surface area contributed by atoms with Gasteiger partial charge in [0.2, 0.25) is 17.7 Å². The zero-order valence-corrected chi connectivity index (χ0v) is 23.8. The number of benzene rings is 2. The van der Waals surface area contributed by atoms with Gasteiger partial charge in [-0.05, 0) is 55.3 Å². The maximum atomic E-state index is 14.0. The van der Waals surface area contributed by atoms with E-state index in [4.69, 9.17) is 4.74 Å². The molecule has 0 spiro atoms. The summed E-state index contributed by atoms with van der Waals surface area (Å²) in [7, 11) is 3.71. The normalized spacial score (nSPS) is 22.3. The molecule has 8 heteroatoms. The molecule has 3 N–H and O–H groups in total. The quantitative estimate of drug-likeness (QED) is 0.482. The van der Waals surface area contributed by atoms with Crippen LogP contribution < -0.4 is 20.7 Å². The zero-order valence-electron chi connectivity index (χ0n) is 23.8. The van der Waals surface area contributed by atoms with E-state index in [0.29, 0.717) is 12.2 Å². The molecular weight excluding hydrogens is 492 g/mol. The molecule has 39 heavy (non-hydrogen) atoms. The third-order valence-electron chi connectivity index (χ3n) is 7.14. The largest absolute Gasteiger partial charge is 0.487 e. The Morgan fingerprint density at radius 1 is 1.00 bits per heavy atom. The van der Waals surface area contributed by atoms with E-state index in [1.165, 1.54) is 0 Å². The van der Waals surface area contributed by atoms with Crippen molar-refractivity contribution in [1.29, 1.82) is 0 Å². The minimum Gasteiger partial charge on any atom is -0.487 e. The molecule has 0 saturated heterocycles. The Bertz CT molecular complexity index is 1130. The summed E-state index contributed by atoms with van der Waals surface area (Å²) in [5, 5.41) is 8.72. The number of ether oxygens (including phenoxy) is 1. The number of rotatable bonds is 8. The smallest absolute Gasteiger partial charge is 0.247 e. The predicted molar refractivity (Wildman–Crippen MR) is 154 cm³/mol. The minimum atomic E-state index is -1.03. The number of carbonyl (C=O) groups excluding carboxylic acids is 3. The molecule has 2 aliphatic rings. The van der Waals surface area contributed by atoms with E-state index in [0.717, 1.165) is 17.5 Å². The van der Waals surface area contributed by atoms with Crippen LogP contribution in [-0.2, 0) is 20.8 Å². The molecule has 3 amide bonds. The highest BCUT2D eigenvalue weighted by molar-refractivity contribution is 5.94. The van der Waals surface area contributed by atoms with Gasteiger partial charge in [0.05, 0.1) is 6.04 Å². The number of hydrogen-bond donors (Lipinski definition) is 3. The van der Waals surface area contributed by atoms with Gasteiger partial charge in [0.25, 0.3) is 0 Å². The van der Waals surface area contributed by atoms with Crippen LogP contribution in [0.2, 0.25) is 0 Å². The summed E-state index contributed by atoms with van der Waals surface area (Å²) in [5.74, 6) is -0.558. The lowest BCUT2D eigenvalue weighted by atomic mass is 9.94. The minimum absolute atomic E-state index is 0.0657. The van der Waals surface area contributed by atoms with Gasteiger partial charge in [-0.1, -0.05) is 76.6 Å². The first-order valence-corrected chi connectivity index (χ1v) is 13.7. The fourth-order valence-electron chi connectivity index (χ4n) is 4.81. The molecule has 4 rings (SSSR count). The average molecular weight is 535 g/mol. The van der Waals surface area contributed by atoms with E-state index in [9.17, 15) is 14.4 Å². The predicted octanol–water partition coefficient (Wildman–Crippen LogP) is 3.38. The second-order valence-corrected chi connectivity index (χ2v) is 10.8. The van der Waals surface area contributed by atoms with Crippen LogP contribution in [0.3, 0.4) is 0 Å². The molecule has 2 bridgehead atoms. The van der Waals surface area contributed by atoms with Gasteiger partial charge in [-0.2, -0.15) is 0 Å². The molecule has 5 atom stereocenters. The highest BCUT2D eigenvalue weighted by atomic mass is 16.5. The van der Waals surface area contributed by atoms with E-state index >= 15 is 0 Å². The van der Waals surface area contributed by atoms with Gasteiger partial charge >= 0.3 is 0 Å². The second-order valence-electron chi connectivity index (χ2n) is 10.8. The van der Waals surface area contributed by atoms with Gasteiger partial charge in [0.1, 0.15) is 23.9 Å². The first kappa shape index (κ1) is 29.9.